The molecule has 1 aliphatic carbocycles. The van der Waals surface area contributed by atoms with Gasteiger partial charge in [0.1, 0.15) is 11.6 Å². The lowest BCUT2D eigenvalue weighted by atomic mass is 10.0. The van der Waals surface area contributed by atoms with Gasteiger partial charge in [-0.1, -0.05) is 36.4 Å². The highest BCUT2D eigenvalue weighted by Gasteiger charge is 2.26. The van der Waals surface area contributed by atoms with E-state index in [1.54, 1.807) is 54.6 Å². The average molecular weight is 452 g/mol. The number of carbonyl (C=O) groups excluding carboxylic acids is 2. The summed E-state index contributed by atoms with van der Waals surface area (Å²) in [5, 5.41) is 5.41. The van der Waals surface area contributed by atoms with Crippen LogP contribution in [0.15, 0.2) is 85.2 Å². The minimum atomic E-state index is -0.553. The van der Waals surface area contributed by atoms with Gasteiger partial charge in [0.25, 0.3) is 11.8 Å². The fourth-order valence-electron chi connectivity index (χ4n) is 3.54. The quantitative estimate of drug-likeness (QED) is 0.395. The van der Waals surface area contributed by atoms with E-state index >= 15 is 0 Å². The molecule has 5 rings (SSSR count). The summed E-state index contributed by atoms with van der Waals surface area (Å²) in [4.78, 5) is 33.2. The van der Waals surface area contributed by atoms with Crippen LogP contribution >= 0.6 is 0 Å². The minimum Gasteiger partial charge on any atom is -0.322 e. The number of aromatic nitrogens is 2. The van der Waals surface area contributed by atoms with Gasteiger partial charge in [-0.3, -0.25) is 9.59 Å². The van der Waals surface area contributed by atoms with Crippen molar-refractivity contribution in [1.82, 2.24) is 9.97 Å². The van der Waals surface area contributed by atoms with Crippen LogP contribution in [0.2, 0.25) is 0 Å². The predicted octanol–water partition coefficient (Wildman–Crippen LogP) is 5.66. The zero-order valence-electron chi connectivity index (χ0n) is 18.2. The SMILES string of the molecule is O=C(Nc1ccc(-c2ccc(NC(=O)c3cnc(C4CC4)nc3)c(F)c2)cc1)c1ccccc1. The van der Waals surface area contributed by atoms with E-state index in [0.29, 0.717) is 22.7 Å². The fraction of sp³-hybridized carbons (Fsp3) is 0.111. The number of anilines is 2. The molecule has 0 spiro atoms. The van der Waals surface area contributed by atoms with E-state index in [1.165, 1.54) is 24.5 Å². The van der Waals surface area contributed by atoms with Crippen molar-refractivity contribution < 1.29 is 14.0 Å². The van der Waals surface area contributed by atoms with Crippen molar-refractivity contribution >= 4 is 23.2 Å². The van der Waals surface area contributed by atoms with Crippen molar-refractivity contribution in [3.8, 4) is 11.1 Å². The first-order valence-electron chi connectivity index (χ1n) is 11.0. The molecule has 0 unspecified atom stereocenters. The van der Waals surface area contributed by atoms with E-state index in [4.69, 9.17) is 0 Å². The molecule has 1 fully saturated rings. The van der Waals surface area contributed by atoms with Gasteiger partial charge in [-0.05, 0) is 60.4 Å². The van der Waals surface area contributed by atoms with E-state index in [1.807, 2.05) is 6.07 Å². The first-order valence-corrected chi connectivity index (χ1v) is 11.0. The Hall–Kier alpha value is -4.39. The van der Waals surface area contributed by atoms with Gasteiger partial charge in [0.15, 0.2) is 0 Å². The van der Waals surface area contributed by atoms with Crippen LogP contribution in [0.5, 0.6) is 0 Å². The lowest BCUT2D eigenvalue weighted by Crippen LogP contribution is -2.14. The molecule has 1 aromatic heterocycles. The van der Waals surface area contributed by atoms with Crippen LogP contribution in [0.1, 0.15) is 45.3 Å². The number of benzene rings is 3. The minimum absolute atomic E-state index is 0.0757. The van der Waals surface area contributed by atoms with Gasteiger partial charge in [0, 0.05) is 29.6 Å². The second-order valence-corrected chi connectivity index (χ2v) is 8.15. The summed E-state index contributed by atoms with van der Waals surface area (Å²) in [7, 11) is 0. The lowest BCUT2D eigenvalue weighted by molar-refractivity contribution is 0.101. The Morgan fingerprint density at radius 2 is 1.41 bits per heavy atom. The van der Waals surface area contributed by atoms with E-state index in [-0.39, 0.29) is 17.2 Å². The average Bonchev–Trinajstić information content (AvgIpc) is 3.72. The zero-order valence-corrected chi connectivity index (χ0v) is 18.2. The predicted molar refractivity (Wildman–Crippen MR) is 128 cm³/mol. The molecule has 34 heavy (non-hydrogen) atoms. The maximum atomic E-state index is 14.7. The van der Waals surface area contributed by atoms with E-state index in [2.05, 4.69) is 20.6 Å². The first kappa shape index (κ1) is 21.5. The summed E-state index contributed by atoms with van der Waals surface area (Å²) in [6, 6.07) is 20.7. The third-order valence-corrected chi connectivity index (χ3v) is 5.61. The Morgan fingerprint density at radius 3 is 2.06 bits per heavy atom. The van der Waals surface area contributed by atoms with Crippen molar-refractivity contribution in [2.24, 2.45) is 0 Å². The molecule has 1 heterocycles. The van der Waals surface area contributed by atoms with Crippen molar-refractivity contribution in [3.05, 3.63) is 108 Å². The summed E-state index contributed by atoms with van der Waals surface area (Å²) in [5.74, 6) is -0.0727. The van der Waals surface area contributed by atoms with Crippen LogP contribution in [0, 0.1) is 5.82 Å². The molecule has 2 amide bonds. The van der Waals surface area contributed by atoms with Crippen LogP contribution in [0.4, 0.5) is 15.8 Å². The third kappa shape index (κ3) is 4.83. The van der Waals surface area contributed by atoms with Gasteiger partial charge in [-0.25, -0.2) is 14.4 Å². The maximum absolute atomic E-state index is 14.7. The number of nitrogens with zero attached hydrogens (tertiary/aromatic N) is 2. The molecule has 7 heteroatoms. The third-order valence-electron chi connectivity index (χ3n) is 5.61. The van der Waals surface area contributed by atoms with Crippen LogP contribution in [-0.4, -0.2) is 21.8 Å². The highest BCUT2D eigenvalue weighted by atomic mass is 19.1. The van der Waals surface area contributed by atoms with Crippen LogP contribution in [0.25, 0.3) is 11.1 Å². The van der Waals surface area contributed by atoms with Crippen LogP contribution in [-0.2, 0) is 0 Å². The molecule has 2 N–H and O–H groups in total. The highest BCUT2D eigenvalue weighted by molar-refractivity contribution is 6.04. The van der Waals surface area contributed by atoms with Crippen molar-refractivity contribution in [3.63, 3.8) is 0 Å². The molecule has 0 aliphatic heterocycles. The molecular formula is C27H21FN4O2. The Labute approximate surface area is 195 Å². The molecular weight excluding hydrogens is 431 g/mol. The number of hydrogen-bond donors (Lipinski definition) is 2. The number of rotatable bonds is 6. The molecule has 4 aromatic rings. The van der Waals surface area contributed by atoms with Gasteiger partial charge >= 0.3 is 0 Å². The summed E-state index contributed by atoms with van der Waals surface area (Å²) in [5.41, 5.74) is 2.98. The number of carbonyl (C=O) groups is 2. The largest absolute Gasteiger partial charge is 0.322 e. The van der Waals surface area contributed by atoms with Crippen molar-refractivity contribution in [1.29, 1.82) is 0 Å². The molecule has 1 saturated carbocycles. The summed E-state index contributed by atoms with van der Waals surface area (Å²) >= 11 is 0. The molecule has 0 saturated heterocycles. The van der Waals surface area contributed by atoms with E-state index in [0.717, 1.165) is 24.2 Å². The summed E-state index contributed by atoms with van der Waals surface area (Å²) in [6.45, 7) is 0. The molecule has 0 radical (unpaired) electrons. The Kier molecular flexibility index (Phi) is 5.82. The topological polar surface area (TPSA) is 84.0 Å². The second kappa shape index (κ2) is 9.23. The first-order chi connectivity index (χ1) is 16.6. The smallest absolute Gasteiger partial charge is 0.258 e. The molecule has 0 atom stereocenters. The number of nitrogens with one attached hydrogen (secondary N) is 2. The Bertz CT molecular complexity index is 1340. The van der Waals surface area contributed by atoms with Gasteiger partial charge in [0.05, 0.1) is 11.3 Å². The van der Waals surface area contributed by atoms with Gasteiger partial charge in [-0.15, -0.1) is 0 Å². The number of amides is 2. The lowest BCUT2D eigenvalue weighted by Gasteiger charge is -2.10. The monoisotopic (exact) mass is 452 g/mol. The van der Waals surface area contributed by atoms with Gasteiger partial charge in [-0.2, -0.15) is 0 Å². The second-order valence-electron chi connectivity index (χ2n) is 8.15. The van der Waals surface area contributed by atoms with Crippen LogP contribution < -0.4 is 10.6 Å². The molecule has 6 nitrogen and oxygen atoms in total. The van der Waals surface area contributed by atoms with Gasteiger partial charge < -0.3 is 10.6 Å². The van der Waals surface area contributed by atoms with E-state index in [9.17, 15) is 14.0 Å². The highest BCUT2D eigenvalue weighted by Crippen LogP contribution is 2.37. The molecule has 0 bridgehead atoms. The molecule has 3 aromatic carbocycles. The molecule has 168 valence electrons. The molecule has 1 aliphatic rings. The summed E-state index contributed by atoms with van der Waals surface area (Å²) < 4.78 is 14.7. The summed E-state index contributed by atoms with van der Waals surface area (Å²) in [6.07, 6.45) is 5.10. The Balaban J connectivity index is 1.24. The van der Waals surface area contributed by atoms with Crippen LogP contribution in [0.3, 0.4) is 0 Å². The van der Waals surface area contributed by atoms with E-state index < -0.39 is 11.7 Å². The van der Waals surface area contributed by atoms with Gasteiger partial charge in [0.2, 0.25) is 0 Å². The van der Waals surface area contributed by atoms with Crippen molar-refractivity contribution in [2.45, 2.75) is 18.8 Å². The maximum Gasteiger partial charge on any atom is 0.258 e. The fourth-order valence-corrected chi connectivity index (χ4v) is 3.54. The number of hydrogen-bond acceptors (Lipinski definition) is 4. The Morgan fingerprint density at radius 1 is 0.765 bits per heavy atom. The number of halogens is 1. The van der Waals surface area contributed by atoms with Crippen molar-refractivity contribution in [2.75, 3.05) is 10.6 Å². The normalized spacial score (nSPS) is 12.7. The zero-order chi connectivity index (χ0) is 23.5. The standard InChI is InChI=1S/C27H21FN4O2/c28-23-14-20(17-8-11-22(12-9-17)31-26(33)19-4-2-1-3-5-19)10-13-24(23)32-27(34)21-15-29-25(30-16-21)18-6-7-18/h1-5,8-16,18H,6-7H2,(H,31,33)(H,32,34).